The van der Waals surface area contributed by atoms with Crippen LogP contribution < -0.4 is 5.32 Å². The van der Waals surface area contributed by atoms with E-state index in [1.54, 1.807) is 18.2 Å². The quantitative estimate of drug-likeness (QED) is 0.569. The van der Waals surface area contributed by atoms with Crippen LogP contribution in [-0.4, -0.2) is 48.4 Å². The number of carbonyl (C=O) groups is 3. The summed E-state index contributed by atoms with van der Waals surface area (Å²) in [5, 5.41) is 2.76. The van der Waals surface area contributed by atoms with Crippen molar-refractivity contribution in [2.45, 2.75) is 26.3 Å². The number of hydrogen-bond donors (Lipinski definition) is 1. The van der Waals surface area contributed by atoms with E-state index in [4.69, 9.17) is 4.74 Å². The fourth-order valence-corrected chi connectivity index (χ4v) is 2.31. The van der Waals surface area contributed by atoms with E-state index >= 15 is 0 Å². The van der Waals surface area contributed by atoms with Crippen molar-refractivity contribution in [3.05, 3.63) is 33.4 Å². The monoisotopic (exact) mass is 432 g/mol. The Hall–Kier alpha value is -1.64. The highest BCUT2D eigenvalue weighted by molar-refractivity contribution is 14.1. The number of esters is 1. The Morgan fingerprint density at radius 3 is 2.39 bits per heavy atom. The summed E-state index contributed by atoms with van der Waals surface area (Å²) in [6, 6.07) is 6.95. The van der Waals surface area contributed by atoms with Crippen LogP contribution in [-0.2, 0) is 14.3 Å². The summed E-state index contributed by atoms with van der Waals surface area (Å²) in [5.74, 6) is -1.26. The van der Waals surface area contributed by atoms with Gasteiger partial charge in [-0.2, -0.15) is 0 Å². The minimum atomic E-state index is -0.559. The molecule has 1 N–H and O–H groups in total. The summed E-state index contributed by atoms with van der Waals surface area (Å²) in [6.07, 6.45) is 0. The number of likely N-dealkylation sites (N-methyl/N-ethyl adjacent to an activating group) is 1. The molecule has 0 fully saturated rings. The van der Waals surface area contributed by atoms with Crippen LogP contribution >= 0.6 is 22.6 Å². The fraction of sp³-hybridized carbons (Fsp3) is 0.438. The average molecular weight is 432 g/mol. The Morgan fingerprint density at radius 1 is 1.22 bits per heavy atom. The Labute approximate surface area is 149 Å². The van der Waals surface area contributed by atoms with Gasteiger partial charge in [0, 0.05) is 16.2 Å². The first kappa shape index (κ1) is 19.4. The van der Waals surface area contributed by atoms with Gasteiger partial charge in [0.1, 0.15) is 0 Å². The first-order valence-electron chi connectivity index (χ1n) is 7.07. The number of hydrogen-bond acceptors (Lipinski definition) is 4. The van der Waals surface area contributed by atoms with Gasteiger partial charge in [-0.15, -0.1) is 0 Å². The lowest BCUT2D eigenvalue weighted by Gasteiger charge is -2.23. The average Bonchev–Trinajstić information content (AvgIpc) is 2.42. The van der Waals surface area contributed by atoms with Crippen LogP contribution in [0.25, 0.3) is 0 Å². The van der Waals surface area contributed by atoms with Crippen LogP contribution in [0.2, 0.25) is 0 Å². The van der Waals surface area contributed by atoms with Crippen LogP contribution in [0.4, 0.5) is 0 Å². The minimum absolute atomic E-state index is 0.0868. The highest BCUT2D eigenvalue weighted by Crippen LogP contribution is 2.12. The molecular weight excluding hydrogens is 411 g/mol. The van der Waals surface area contributed by atoms with Crippen LogP contribution in [0.5, 0.6) is 0 Å². The lowest BCUT2D eigenvalue weighted by atomic mass is 10.1. The van der Waals surface area contributed by atoms with Gasteiger partial charge in [-0.05, 0) is 55.5 Å². The lowest BCUT2D eigenvalue weighted by Crippen LogP contribution is -2.46. The van der Waals surface area contributed by atoms with Crippen molar-refractivity contribution < 1.29 is 19.1 Å². The molecule has 7 heteroatoms. The normalized spacial score (nSPS) is 10.8. The molecular formula is C16H21IN2O4. The van der Waals surface area contributed by atoms with Gasteiger partial charge < -0.3 is 15.0 Å². The first-order chi connectivity index (χ1) is 10.6. The second kappa shape index (κ2) is 8.28. The Bertz CT molecular complexity index is 596. The maximum Gasteiger partial charge on any atom is 0.339 e. The SMILES string of the molecule is CN(CC(=O)NC(C)(C)C)C(=O)COC(=O)c1ccccc1I. The van der Waals surface area contributed by atoms with E-state index in [1.165, 1.54) is 11.9 Å². The number of carbonyl (C=O) groups excluding carboxylic acids is 3. The summed E-state index contributed by atoms with van der Waals surface area (Å²) < 4.78 is 5.76. The molecule has 1 rings (SSSR count). The molecule has 23 heavy (non-hydrogen) atoms. The van der Waals surface area contributed by atoms with E-state index in [2.05, 4.69) is 5.32 Å². The van der Waals surface area contributed by atoms with Gasteiger partial charge in [0.2, 0.25) is 5.91 Å². The number of ether oxygens (including phenoxy) is 1. The third-order valence-corrected chi connectivity index (χ3v) is 3.68. The van der Waals surface area contributed by atoms with Crippen LogP contribution in [0.15, 0.2) is 24.3 Å². The summed E-state index contributed by atoms with van der Waals surface area (Å²) in [4.78, 5) is 36.8. The van der Waals surface area contributed by atoms with Crippen LogP contribution in [0, 0.1) is 3.57 Å². The fourth-order valence-electron chi connectivity index (χ4n) is 1.70. The zero-order chi connectivity index (χ0) is 17.6. The number of halogens is 1. The topological polar surface area (TPSA) is 75.7 Å². The predicted molar refractivity (Wildman–Crippen MR) is 95.0 cm³/mol. The molecule has 126 valence electrons. The number of nitrogens with zero attached hydrogens (tertiary/aromatic N) is 1. The van der Waals surface area contributed by atoms with Crippen LogP contribution in [0.3, 0.4) is 0 Å². The zero-order valence-electron chi connectivity index (χ0n) is 13.7. The molecule has 0 aliphatic heterocycles. The maximum absolute atomic E-state index is 11.9. The van der Waals surface area contributed by atoms with Crippen molar-refractivity contribution in [2.75, 3.05) is 20.2 Å². The van der Waals surface area contributed by atoms with E-state index in [9.17, 15) is 14.4 Å². The zero-order valence-corrected chi connectivity index (χ0v) is 15.8. The van der Waals surface area contributed by atoms with Crippen molar-refractivity contribution in [3.63, 3.8) is 0 Å². The second-order valence-corrected chi connectivity index (χ2v) is 7.27. The van der Waals surface area contributed by atoms with Crippen LogP contribution in [0.1, 0.15) is 31.1 Å². The van der Waals surface area contributed by atoms with Gasteiger partial charge >= 0.3 is 5.97 Å². The molecule has 0 radical (unpaired) electrons. The van der Waals surface area contributed by atoms with Crippen molar-refractivity contribution in [2.24, 2.45) is 0 Å². The van der Waals surface area contributed by atoms with Crippen molar-refractivity contribution in [1.29, 1.82) is 0 Å². The van der Waals surface area contributed by atoms with E-state index in [0.29, 0.717) is 5.56 Å². The largest absolute Gasteiger partial charge is 0.452 e. The summed E-state index contributed by atoms with van der Waals surface area (Å²) >= 11 is 2.03. The molecule has 0 aromatic heterocycles. The van der Waals surface area contributed by atoms with Crippen molar-refractivity contribution in [3.8, 4) is 0 Å². The molecule has 1 aromatic carbocycles. The summed E-state index contributed by atoms with van der Waals surface area (Å²) in [6.45, 7) is 5.08. The molecule has 0 aliphatic rings. The van der Waals surface area contributed by atoms with Gasteiger partial charge in [0.25, 0.3) is 5.91 Å². The van der Waals surface area contributed by atoms with Gasteiger partial charge in [-0.1, -0.05) is 12.1 Å². The molecule has 0 spiro atoms. The molecule has 0 unspecified atom stereocenters. The number of amides is 2. The van der Waals surface area contributed by atoms with Crippen molar-refractivity contribution in [1.82, 2.24) is 10.2 Å². The van der Waals surface area contributed by atoms with E-state index in [0.717, 1.165) is 3.57 Å². The molecule has 0 saturated heterocycles. The molecule has 0 heterocycles. The smallest absolute Gasteiger partial charge is 0.339 e. The molecule has 0 atom stereocenters. The van der Waals surface area contributed by atoms with Gasteiger partial charge in [0.15, 0.2) is 6.61 Å². The molecule has 6 nitrogen and oxygen atoms in total. The Balaban J connectivity index is 2.48. The number of benzene rings is 1. The van der Waals surface area contributed by atoms with Gasteiger partial charge in [-0.25, -0.2) is 4.79 Å². The third kappa shape index (κ3) is 6.98. The molecule has 0 saturated carbocycles. The molecule has 0 aliphatic carbocycles. The standard InChI is InChI=1S/C16H21IN2O4/c1-16(2,3)18-13(20)9-19(4)14(21)10-23-15(22)11-7-5-6-8-12(11)17/h5-8H,9-10H2,1-4H3,(H,18,20). The summed E-state index contributed by atoms with van der Waals surface area (Å²) in [5.41, 5.74) is 0.0475. The second-order valence-electron chi connectivity index (χ2n) is 6.10. The Morgan fingerprint density at radius 2 is 1.83 bits per heavy atom. The number of nitrogens with one attached hydrogen (secondary N) is 1. The van der Waals surface area contributed by atoms with Gasteiger partial charge in [0.05, 0.1) is 12.1 Å². The predicted octanol–water partition coefficient (Wildman–Crippen LogP) is 1.82. The maximum atomic E-state index is 11.9. The van der Waals surface area contributed by atoms with Crippen molar-refractivity contribution >= 4 is 40.4 Å². The highest BCUT2D eigenvalue weighted by atomic mass is 127. The van der Waals surface area contributed by atoms with E-state index in [-0.39, 0.29) is 18.0 Å². The van der Waals surface area contributed by atoms with Gasteiger partial charge in [-0.3, -0.25) is 9.59 Å². The molecule has 2 amide bonds. The molecule has 1 aromatic rings. The third-order valence-electron chi connectivity index (χ3n) is 2.74. The number of rotatable bonds is 5. The van der Waals surface area contributed by atoms with E-state index in [1.807, 2.05) is 49.4 Å². The summed E-state index contributed by atoms with van der Waals surface area (Å²) in [7, 11) is 1.49. The lowest BCUT2D eigenvalue weighted by molar-refractivity contribution is -0.137. The Kier molecular flexibility index (Phi) is 6.99. The molecule has 0 bridgehead atoms. The minimum Gasteiger partial charge on any atom is -0.452 e. The highest BCUT2D eigenvalue weighted by Gasteiger charge is 2.19. The first-order valence-corrected chi connectivity index (χ1v) is 8.14. The van der Waals surface area contributed by atoms with E-state index < -0.39 is 18.5 Å².